The topological polar surface area (TPSA) is 56.0 Å². The highest BCUT2D eigenvalue weighted by Gasteiger charge is 2.06. The summed E-state index contributed by atoms with van der Waals surface area (Å²) in [7, 11) is 0. The Hall–Kier alpha value is -2.40. The third kappa shape index (κ3) is 2.87. The molecule has 0 amide bonds. The molecule has 2 heterocycles. The van der Waals surface area contributed by atoms with Crippen LogP contribution in [-0.2, 0) is 0 Å². The fourth-order valence-corrected chi connectivity index (χ4v) is 2.33. The monoisotopic (exact) mass is 296 g/mol. The molecule has 0 bridgehead atoms. The van der Waals surface area contributed by atoms with Crippen LogP contribution in [0.1, 0.15) is 10.6 Å². The van der Waals surface area contributed by atoms with Crippen LogP contribution >= 0.6 is 11.8 Å². The molecule has 1 aromatic carbocycles. The Morgan fingerprint density at radius 3 is 2.48 bits per heavy atom. The largest absolute Gasteiger partial charge is 0.453 e. The standard InChI is InChI=1S/C16H12N2O2S/c1-21-16-17-9-8-14(18-16)11-2-4-12(5-3-11)15-7-6-13(10-19)20-15/h2-10H,1H3. The molecular weight excluding hydrogens is 284 g/mol. The number of hydrogen-bond donors (Lipinski definition) is 0. The number of rotatable bonds is 4. The first-order chi connectivity index (χ1) is 10.3. The van der Waals surface area contributed by atoms with Gasteiger partial charge in [0, 0.05) is 17.3 Å². The molecule has 5 heteroatoms. The van der Waals surface area contributed by atoms with Crippen LogP contribution in [0.25, 0.3) is 22.6 Å². The molecule has 0 N–H and O–H groups in total. The van der Waals surface area contributed by atoms with Crippen molar-refractivity contribution in [2.75, 3.05) is 6.26 Å². The van der Waals surface area contributed by atoms with E-state index in [1.807, 2.05) is 36.6 Å². The molecule has 2 aromatic heterocycles. The van der Waals surface area contributed by atoms with E-state index >= 15 is 0 Å². The van der Waals surface area contributed by atoms with Crippen molar-refractivity contribution in [2.24, 2.45) is 0 Å². The van der Waals surface area contributed by atoms with Crippen molar-refractivity contribution in [3.8, 4) is 22.6 Å². The van der Waals surface area contributed by atoms with E-state index in [0.717, 1.165) is 22.0 Å². The van der Waals surface area contributed by atoms with Gasteiger partial charge in [-0.2, -0.15) is 0 Å². The summed E-state index contributed by atoms with van der Waals surface area (Å²) in [6.07, 6.45) is 4.40. The molecule has 0 aliphatic heterocycles. The van der Waals surface area contributed by atoms with Gasteiger partial charge in [-0.15, -0.1) is 0 Å². The Bertz CT molecular complexity index is 766. The van der Waals surface area contributed by atoms with Crippen LogP contribution in [0.3, 0.4) is 0 Å². The first kappa shape index (κ1) is 13.6. The number of carbonyl (C=O) groups excluding carboxylic acids is 1. The lowest BCUT2D eigenvalue weighted by molar-refractivity contribution is 0.110. The van der Waals surface area contributed by atoms with Gasteiger partial charge in [0.2, 0.25) is 0 Å². The Labute approximate surface area is 126 Å². The van der Waals surface area contributed by atoms with Crippen molar-refractivity contribution >= 4 is 18.0 Å². The highest BCUT2D eigenvalue weighted by molar-refractivity contribution is 7.98. The third-order valence-electron chi connectivity index (χ3n) is 3.02. The van der Waals surface area contributed by atoms with Gasteiger partial charge in [-0.05, 0) is 24.5 Å². The van der Waals surface area contributed by atoms with E-state index in [2.05, 4.69) is 9.97 Å². The van der Waals surface area contributed by atoms with Gasteiger partial charge >= 0.3 is 0 Å². The SMILES string of the molecule is CSc1nccc(-c2ccc(-c3ccc(C=O)o3)cc2)n1. The summed E-state index contributed by atoms with van der Waals surface area (Å²) in [6, 6.07) is 13.2. The van der Waals surface area contributed by atoms with Gasteiger partial charge in [0.25, 0.3) is 0 Å². The molecule has 0 saturated heterocycles. The molecule has 104 valence electrons. The maximum Gasteiger partial charge on any atom is 0.187 e. The second-order valence-corrected chi connectivity index (χ2v) is 5.10. The summed E-state index contributed by atoms with van der Waals surface area (Å²) in [5.41, 5.74) is 2.82. The van der Waals surface area contributed by atoms with Gasteiger partial charge in [0.05, 0.1) is 5.69 Å². The summed E-state index contributed by atoms with van der Waals surface area (Å²) in [5.74, 6) is 1.01. The summed E-state index contributed by atoms with van der Waals surface area (Å²) in [4.78, 5) is 19.3. The van der Waals surface area contributed by atoms with Crippen LogP contribution in [-0.4, -0.2) is 22.5 Å². The van der Waals surface area contributed by atoms with Crippen molar-refractivity contribution in [3.05, 3.63) is 54.4 Å². The highest BCUT2D eigenvalue weighted by Crippen LogP contribution is 2.25. The zero-order valence-corrected chi connectivity index (χ0v) is 12.1. The van der Waals surface area contributed by atoms with Crippen LogP contribution in [0.5, 0.6) is 0 Å². The van der Waals surface area contributed by atoms with Gasteiger partial charge in [-0.3, -0.25) is 4.79 Å². The summed E-state index contributed by atoms with van der Waals surface area (Å²) in [6.45, 7) is 0. The molecule has 0 atom stereocenters. The molecule has 0 aliphatic carbocycles. The van der Waals surface area contributed by atoms with Crippen molar-refractivity contribution in [1.29, 1.82) is 0 Å². The van der Waals surface area contributed by atoms with Crippen molar-refractivity contribution in [1.82, 2.24) is 9.97 Å². The van der Waals surface area contributed by atoms with Crippen LogP contribution in [0.15, 0.2) is 58.2 Å². The lowest BCUT2D eigenvalue weighted by atomic mass is 10.1. The summed E-state index contributed by atoms with van der Waals surface area (Å²) < 4.78 is 5.40. The molecule has 0 unspecified atom stereocenters. The molecule has 0 fully saturated rings. The molecule has 3 aromatic rings. The van der Waals surface area contributed by atoms with Crippen LogP contribution in [0.4, 0.5) is 0 Å². The number of aromatic nitrogens is 2. The van der Waals surface area contributed by atoms with E-state index in [-0.39, 0.29) is 0 Å². The number of benzene rings is 1. The first-order valence-corrected chi connectivity index (χ1v) is 7.55. The van der Waals surface area contributed by atoms with Crippen molar-refractivity contribution in [2.45, 2.75) is 5.16 Å². The fourth-order valence-electron chi connectivity index (χ4n) is 1.98. The average Bonchev–Trinajstić information content (AvgIpc) is 3.04. The van der Waals surface area contributed by atoms with E-state index in [1.54, 1.807) is 18.3 Å². The normalized spacial score (nSPS) is 10.5. The second-order valence-electron chi connectivity index (χ2n) is 4.33. The van der Waals surface area contributed by atoms with E-state index in [0.29, 0.717) is 17.8 Å². The lowest BCUT2D eigenvalue weighted by Crippen LogP contribution is -1.88. The van der Waals surface area contributed by atoms with Gasteiger partial charge in [-0.1, -0.05) is 36.0 Å². The van der Waals surface area contributed by atoms with Crippen LogP contribution < -0.4 is 0 Å². The lowest BCUT2D eigenvalue weighted by Gasteiger charge is -2.03. The van der Waals surface area contributed by atoms with E-state index < -0.39 is 0 Å². The van der Waals surface area contributed by atoms with E-state index in [1.165, 1.54) is 11.8 Å². The maximum atomic E-state index is 10.6. The Balaban J connectivity index is 1.91. The zero-order chi connectivity index (χ0) is 14.7. The minimum Gasteiger partial charge on any atom is -0.453 e. The van der Waals surface area contributed by atoms with Crippen molar-refractivity contribution < 1.29 is 9.21 Å². The van der Waals surface area contributed by atoms with Gasteiger partial charge in [0.1, 0.15) is 5.76 Å². The summed E-state index contributed by atoms with van der Waals surface area (Å²) in [5, 5.41) is 0.748. The highest BCUT2D eigenvalue weighted by atomic mass is 32.2. The number of aldehydes is 1. The van der Waals surface area contributed by atoms with Gasteiger partial charge in [0.15, 0.2) is 17.2 Å². The summed E-state index contributed by atoms with van der Waals surface area (Å²) >= 11 is 1.51. The second kappa shape index (κ2) is 5.93. The van der Waals surface area contributed by atoms with Gasteiger partial charge < -0.3 is 4.42 Å². The third-order valence-corrected chi connectivity index (χ3v) is 3.59. The molecule has 0 radical (unpaired) electrons. The van der Waals surface area contributed by atoms with Crippen molar-refractivity contribution in [3.63, 3.8) is 0 Å². The molecule has 0 spiro atoms. The molecule has 0 saturated carbocycles. The maximum absolute atomic E-state index is 10.6. The van der Waals surface area contributed by atoms with Crippen LogP contribution in [0, 0.1) is 0 Å². The Kier molecular flexibility index (Phi) is 3.83. The van der Waals surface area contributed by atoms with E-state index in [9.17, 15) is 4.79 Å². The minimum atomic E-state index is 0.328. The first-order valence-electron chi connectivity index (χ1n) is 6.33. The van der Waals surface area contributed by atoms with Gasteiger partial charge in [-0.25, -0.2) is 9.97 Å². The number of nitrogens with zero attached hydrogens (tertiary/aromatic N) is 2. The number of hydrogen-bond acceptors (Lipinski definition) is 5. The van der Waals surface area contributed by atoms with Crippen LogP contribution in [0.2, 0.25) is 0 Å². The predicted molar refractivity (Wildman–Crippen MR) is 82.3 cm³/mol. The zero-order valence-electron chi connectivity index (χ0n) is 11.3. The van der Waals surface area contributed by atoms with E-state index in [4.69, 9.17) is 4.42 Å². The quantitative estimate of drug-likeness (QED) is 0.414. The minimum absolute atomic E-state index is 0.328. The molecule has 21 heavy (non-hydrogen) atoms. The number of thioether (sulfide) groups is 1. The Morgan fingerprint density at radius 2 is 1.81 bits per heavy atom. The average molecular weight is 296 g/mol. The molecule has 4 nitrogen and oxygen atoms in total. The number of furan rings is 1. The molecule has 3 rings (SSSR count). The smallest absolute Gasteiger partial charge is 0.187 e. The number of carbonyl (C=O) groups is 1. The molecule has 0 aliphatic rings. The molecular formula is C16H12N2O2S. The Morgan fingerprint density at radius 1 is 1.05 bits per heavy atom. The fraction of sp³-hybridized carbons (Fsp3) is 0.0625. The predicted octanol–water partition coefficient (Wildman–Crippen LogP) is 3.94.